The summed E-state index contributed by atoms with van der Waals surface area (Å²) < 4.78 is 1.67. The van der Waals surface area contributed by atoms with Crippen LogP contribution < -0.4 is 15.4 Å². The zero-order valence-electron chi connectivity index (χ0n) is 12.6. The zero-order chi connectivity index (χ0) is 16.7. The highest BCUT2D eigenvalue weighted by Gasteiger charge is 2.25. The maximum absolute atomic E-state index is 12.4. The second kappa shape index (κ2) is 5.81. The topological polar surface area (TPSA) is 79.8 Å². The second-order valence-corrected chi connectivity index (χ2v) is 6.87. The number of carbonyl (C=O) groups excluding carboxylic acids is 1. The number of aromatic nitrogens is 2. The molecule has 0 fully saturated rings. The molecule has 3 aromatic rings. The smallest absolute Gasteiger partial charge is 0.279 e. The molecule has 0 bridgehead atoms. The highest BCUT2D eigenvalue weighted by atomic mass is 32.1. The highest BCUT2D eigenvalue weighted by Crippen LogP contribution is 2.28. The minimum absolute atomic E-state index is 0.0352. The van der Waals surface area contributed by atoms with Gasteiger partial charge in [-0.3, -0.25) is 9.36 Å². The number of carbonyl (C=O) groups is 1. The number of hydrogen-bond acceptors (Lipinski definition) is 6. The molecule has 2 aromatic heterocycles. The molecule has 6 nitrogen and oxygen atoms in total. The molecule has 1 aliphatic heterocycles. The van der Waals surface area contributed by atoms with E-state index in [0.717, 1.165) is 5.22 Å². The number of fused-ring (bicyclic) bond motifs is 1. The van der Waals surface area contributed by atoms with Gasteiger partial charge in [0.15, 0.2) is 4.80 Å². The van der Waals surface area contributed by atoms with Crippen molar-refractivity contribution in [2.24, 2.45) is 9.98 Å². The number of benzene rings is 1. The van der Waals surface area contributed by atoms with Crippen molar-refractivity contribution in [3.05, 3.63) is 56.1 Å². The Morgan fingerprint density at radius 1 is 1.33 bits per heavy atom. The highest BCUT2D eigenvalue weighted by molar-refractivity contribution is 7.13. The molecule has 1 N–H and O–H groups in total. The first-order valence-electron chi connectivity index (χ1n) is 7.28. The largest absolute Gasteiger partial charge is 0.493 e. The standard InChI is InChI=1S/C16H12N4O2S2/c1-2-20-14(22)12(24-16(20)19-15-17-7-8-23-15)11-9-5-3-4-6-10(9)18-13(11)21/h3-8,22H,2H2,1H3/b19-16+. The predicted octanol–water partition coefficient (Wildman–Crippen LogP) is 1.32. The Kier molecular flexibility index (Phi) is 3.62. The average molecular weight is 356 g/mol. The van der Waals surface area contributed by atoms with Gasteiger partial charge in [0.2, 0.25) is 11.0 Å². The third-order valence-electron chi connectivity index (χ3n) is 3.65. The number of thiazole rings is 2. The summed E-state index contributed by atoms with van der Waals surface area (Å²) in [6.07, 6.45) is 1.68. The van der Waals surface area contributed by atoms with E-state index < -0.39 is 0 Å². The fourth-order valence-corrected chi connectivity index (χ4v) is 4.28. The van der Waals surface area contributed by atoms with Crippen LogP contribution in [0.1, 0.15) is 11.8 Å². The van der Waals surface area contributed by atoms with Crippen LogP contribution in [0, 0.1) is 0 Å². The van der Waals surface area contributed by atoms with Gasteiger partial charge in [0.1, 0.15) is 4.88 Å². The molecule has 1 aliphatic rings. The summed E-state index contributed by atoms with van der Waals surface area (Å²) in [5.41, 5.74) is 0.427. The van der Waals surface area contributed by atoms with E-state index in [1.807, 2.05) is 30.5 Å². The first-order valence-corrected chi connectivity index (χ1v) is 8.98. The molecule has 120 valence electrons. The fourth-order valence-electron chi connectivity index (χ4n) is 2.57. The minimum Gasteiger partial charge on any atom is -0.493 e. The van der Waals surface area contributed by atoms with E-state index in [1.54, 1.807) is 16.8 Å². The van der Waals surface area contributed by atoms with Crippen LogP contribution in [0.25, 0.3) is 5.57 Å². The van der Waals surface area contributed by atoms with Crippen molar-refractivity contribution < 1.29 is 9.90 Å². The SMILES string of the molecule is CCn1c(O)c(C2=c3ccccc3=NC2=O)s/c1=N/c1nccs1. The molecule has 0 radical (unpaired) electrons. The Morgan fingerprint density at radius 3 is 2.92 bits per heavy atom. The maximum Gasteiger partial charge on any atom is 0.279 e. The maximum atomic E-state index is 12.4. The molecule has 3 heterocycles. The Labute approximate surface area is 144 Å². The van der Waals surface area contributed by atoms with Crippen molar-refractivity contribution in [2.75, 3.05) is 0 Å². The van der Waals surface area contributed by atoms with E-state index in [-0.39, 0.29) is 11.8 Å². The van der Waals surface area contributed by atoms with E-state index >= 15 is 0 Å². The van der Waals surface area contributed by atoms with Crippen LogP contribution in [0.2, 0.25) is 0 Å². The lowest BCUT2D eigenvalue weighted by Gasteiger charge is -2.01. The van der Waals surface area contributed by atoms with Gasteiger partial charge < -0.3 is 5.11 Å². The van der Waals surface area contributed by atoms with Gasteiger partial charge in [0, 0.05) is 23.3 Å². The van der Waals surface area contributed by atoms with Crippen LogP contribution >= 0.6 is 22.7 Å². The Hall–Kier alpha value is -2.58. The third kappa shape index (κ3) is 2.31. The molecule has 0 aliphatic carbocycles. The van der Waals surface area contributed by atoms with Gasteiger partial charge in [-0.2, -0.15) is 4.99 Å². The first-order chi connectivity index (χ1) is 11.7. The van der Waals surface area contributed by atoms with Gasteiger partial charge in [-0.05, 0) is 13.0 Å². The van der Waals surface area contributed by atoms with Crippen molar-refractivity contribution >= 4 is 39.3 Å². The predicted molar refractivity (Wildman–Crippen MR) is 91.7 cm³/mol. The van der Waals surface area contributed by atoms with E-state index in [1.165, 1.54) is 22.7 Å². The van der Waals surface area contributed by atoms with Crippen LogP contribution in [0.15, 0.2) is 45.8 Å². The van der Waals surface area contributed by atoms with Gasteiger partial charge >= 0.3 is 0 Å². The van der Waals surface area contributed by atoms with E-state index in [0.29, 0.717) is 32.3 Å². The van der Waals surface area contributed by atoms with Crippen LogP contribution in [-0.2, 0) is 11.3 Å². The molecular weight excluding hydrogens is 344 g/mol. The second-order valence-electron chi connectivity index (χ2n) is 5.02. The number of hydrogen-bond donors (Lipinski definition) is 1. The first kappa shape index (κ1) is 15.0. The summed E-state index contributed by atoms with van der Waals surface area (Å²) >= 11 is 2.68. The molecule has 1 amide bonds. The zero-order valence-corrected chi connectivity index (χ0v) is 14.3. The molecule has 8 heteroatoms. The molecule has 0 saturated carbocycles. The lowest BCUT2D eigenvalue weighted by atomic mass is 10.1. The lowest BCUT2D eigenvalue weighted by molar-refractivity contribution is -0.112. The molecule has 0 atom stereocenters. The summed E-state index contributed by atoms with van der Waals surface area (Å²) in [6.45, 7) is 2.45. The molecule has 0 spiro atoms. The van der Waals surface area contributed by atoms with Crippen LogP contribution in [0.3, 0.4) is 0 Å². The number of nitrogens with zero attached hydrogens (tertiary/aromatic N) is 4. The van der Waals surface area contributed by atoms with Crippen LogP contribution in [0.4, 0.5) is 5.13 Å². The van der Waals surface area contributed by atoms with Crippen molar-refractivity contribution in [1.82, 2.24) is 9.55 Å². The molecule has 1 aromatic carbocycles. The molecule has 24 heavy (non-hydrogen) atoms. The summed E-state index contributed by atoms with van der Waals surface area (Å²) in [5.74, 6) is -0.301. The van der Waals surface area contributed by atoms with E-state index in [4.69, 9.17) is 0 Å². The van der Waals surface area contributed by atoms with E-state index in [9.17, 15) is 9.90 Å². The van der Waals surface area contributed by atoms with Crippen molar-refractivity contribution in [3.63, 3.8) is 0 Å². The third-order valence-corrected chi connectivity index (χ3v) is 5.40. The van der Waals surface area contributed by atoms with E-state index in [2.05, 4.69) is 15.0 Å². The Balaban J connectivity index is 2.01. The quantitative estimate of drug-likeness (QED) is 0.769. The van der Waals surface area contributed by atoms with Gasteiger partial charge in [0.25, 0.3) is 5.91 Å². The lowest BCUT2D eigenvalue weighted by Crippen LogP contribution is -2.22. The number of aromatic hydroxyl groups is 1. The summed E-state index contributed by atoms with van der Waals surface area (Å²) in [5, 5.41) is 14.4. The average Bonchev–Trinajstić information content (AvgIpc) is 3.26. The van der Waals surface area contributed by atoms with Crippen molar-refractivity contribution in [1.29, 1.82) is 0 Å². The van der Waals surface area contributed by atoms with Gasteiger partial charge in [0.05, 0.1) is 10.9 Å². The molecule has 4 rings (SSSR count). The minimum atomic E-state index is -0.336. The molecule has 0 unspecified atom stereocenters. The fraction of sp³-hybridized carbons (Fsp3) is 0.125. The van der Waals surface area contributed by atoms with Gasteiger partial charge in [-0.15, -0.1) is 11.3 Å². The number of amides is 1. The van der Waals surface area contributed by atoms with Crippen LogP contribution in [-0.4, -0.2) is 20.6 Å². The normalized spacial score (nSPS) is 14.1. The summed E-state index contributed by atoms with van der Waals surface area (Å²) in [6, 6.07) is 7.32. The number of para-hydroxylation sites is 1. The van der Waals surface area contributed by atoms with Gasteiger partial charge in [-0.25, -0.2) is 9.98 Å². The molecular formula is C16H12N4O2S2. The summed E-state index contributed by atoms with van der Waals surface area (Å²) in [4.78, 5) is 26.1. The van der Waals surface area contributed by atoms with Crippen LogP contribution in [0.5, 0.6) is 5.88 Å². The van der Waals surface area contributed by atoms with Crippen molar-refractivity contribution in [3.8, 4) is 5.88 Å². The Bertz CT molecular complexity index is 1120. The molecule has 0 saturated heterocycles. The van der Waals surface area contributed by atoms with Crippen molar-refractivity contribution in [2.45, 2.75) is 13.5 Å². The number of rotatable bonds is 3. The Morgan fingerprint density at radius 2 is 2.17 bits per heavy atom. The van der Waals surface area contributed by atoms with Gasteiger partial charge in [-0.1, -0.05) is 29.5 Å². The summed E-state index contributed by atoms with van der Waals surface area (Å²) in [7, 11) is 0. The monoisotopic (exact) mass is 356 g/mol.